The maximum atomic E-state index is 5.09. The minimum Gasteiger partial charge on any atom is -0.299 e. The molecule has 0 saturated carbocycles. The maximum absolute atomic E-state index is 5.09. The Labute approximate surface area is 330 Å². The number of benzene rings is 5. The molecule has 0 saturated heterocycles. The Kier molecular flexibility index (Phi) is 8.53. The first-order valence-electron chi connectivity index (χ1n) is 19.2. The molecule has 0 aliphatic heterocycles. The van der Waals surface area contributed by atoms with E-state index in [1.165, 1.54) is 5.56 Å². The van der Waals surface area contributed by atoms with E-state index >= 15 is 0 Å². The molecule has 5 aromatic heterocycles. The Balaban J connectivity index is 1.06. The van der Waals surface area contributed by atoms with Crippen molar-refractivity contribution in [2.75, 3.05) is 0 Å². The highest BCUT2D eigenvalue weighted by Crippen LogP contribution is 2.36. The highest BCUT2D eigenvalue weighted by molar-refractivity contribution is 5.84. The van der Waals surface area contributed by atoms with Crippen LogP contribution in [0.5, 0.6) is 0 Å². The number of imidazole rings is 2. The monoisotopic (exact) mass is 735 g/mol. The van der Waals surface area contributed by atoms with Crippen LogP contribution in [0.3, 0.4) is 0 Å². The number of rotatable bonds is 8. The third-order valence-corrected chi connectivity index (χ3v) is 10.5. The first-order chi connectivity index (χ1) is 28.1. The van der Waals surface area contributed by atoms with Gasteiger partial charge in [-0.1, -0.05) is 159 Å². The molecule has 5 aromatic carbocycles. The van der Waals surface area contributed by atoms with Crippen molar-refractivity contribution in [1.29, 1.82) is 0 Å². The van der Waals surface area contributed by atoms with Gasteiger partial charge in [-0.3, -0.25) is 8.80 Å². The number of nitrogens with zero attached hydrogens (tertiary/aromatic N) is 7. The maximum Gasteiger partial charge on any atom is 0.164 e. The molecular formula is C50H37N7. The van der Waals surface area contributed by atoms with E-state index in [0.29, 0.717) is 23.4 Å². The fourth-order valence-corrected chi connectivity index (χ4v) is 7.47. The number of hydrogen-bond acceptors (Lipinski definition) is 5. The predicted octanol–water partition coefficient (Wildman–Crippen LogP) is 12.0. The molecule has 0 bridgehead atoms. The standard InChI is InChI=1S/C50H37N7/c1-33(2)34-19-25-39(26-20-34)48-53-49(40-27-21-35(22-28-40)44-46(37-13-5-3-6-14-37)56-31-11-9-17-42(56)51-44)55-50(54-48)41-29-23-36(24-30-41)45-47(38-15-7-4-8-16-38)57-32-12-10-18-43(57)52-45/h3-33H,1-2H3. The molecular weight excluding hydrogens is 699 g/mol. The lowest BCUT2D eigenvalue weighted by Gasteiger charge is -2.11. The van der Waals surface area contributed by atoms with E-state index in [1.807, 2.05) is 48.5 Å². The van der Waals surface area contributed by atoms with E-state index in [4.69, 9.17) is 24.9 Å². The summed E-state index contributed by atoms with van der Waals surface area (Å²) in [7, 11) is 0. The Hall–Kier alpha value is -7.51. The van der Waals surface area contributed by atoms with Gasteiger partial charge in [0, 0.05) is 51.3 Å². The summed E-state index contributed by atoms with van der Waals surface area (Å²) < 4.78 is 4.30. The van der Waals surface area contributed by atoms with Gasteiger partial charge in [0.15, 0.2) is 17.5 Å². The molecule has 0 fully saturated rings. The third-order valence-electron chi connectivity index (χ3n) is 10.5. The topological polar surface area (TPSA) is 73.3 Å². The van der Waals surface area contributed by atoms with Gasteiger partial charge in [0.1, 0.15) is 11.3 Å². The normalized spacial score (nSPS) is 11.5. The van der Waals surface area contributed by atoms with Gasteiger partial charge in [-0.05, 0) is 35.7 Å². The van der Waals surface area contributed by atoms with Crippen LogP contribution in [0.25, 0.3) is 90.5 Å². The SMILES string of the molecule is CC(C)c1ccc(-c2nc(-c3ccc(-c4nc5ccccn5c4-c4ccccc4)cc3)nc(-c3ccc(-c4nc5ccccn5c4-c4ccccc4)cc3)n2)cc1. The van der Waals surface area contributed by atoms with Crippen molar-refractivity contribution in [3.8, 4) is 79.2 Å². The number of aromatic nitrogens is 7. The van der Waals surface area contributed by atoms with Crippen LogP contribution in [0.2, 0.25) is 0 Å². The molecule has 0 unspecified atom stereocenters. The van der Waals surface area contributed by atoms with Crippen LogP contribution in [-0.2, 0) is 0 Å². The largest absolute Gasteiger partial charge is 0.299 e. The smallest absolute Gasteiger partial charge is 0.164 e. The first-order valence-corrected chi connectivity index (χ1v) is 19.2. The Bertz CT molecular complexity index is 2820. The van der Waals surface area contributed by atoms with Gasteiger partial charge in [-0.2, -0.15) is 0 Å². The molecule has 0 radical (unpaired) electrons. The summed E-state index contributed by atoms with van der Waals surface area (Å²) in [4.78, 5) is 25.3. The highest BCUT2D eigenvalue weighted by atomic mass is 15.0. The first kappa shape index (κ1) is 34.0. The molecule has 0 N–H and O–H groups in total. The van der Waals surface area contributed by atoms with Gasteiger partial charge in [-0.15, -0.1) is 0 Å². The van der Waals surface area contributed by atoms with Gasteiger partial charge in [0.2, 0.25) is 0 Å². The lowest BCUT2D eigenvalue weighted by Crippen LogP contribution is -2.00. The van der Waals surface area contributed by atoms with Crippen molar-refractivity contribution in [2.45, 2.75) is 19.8 Å². The van der Waals surface area contributed by atoms with Crippen molar-refractivity contribution in [3.63, 3.8) is 0 Å². The van der Waals surface area contributed by atoms with Crippen LogP contribution in [-0.4, -0.2) is 33.7 Å². The molecule has 0 spiro atoms. The van der Waals surface area contributed by atoms with Crippen LogP contribution in [0, 0.1) is 0 Å². The van der Waals surface area contributed by atoms with Crippen molar-refractivity contribution in [3.05, 3.63) is 188 Å². The van der Waals surface area contributed by atoms with Gasteiger partial charge in [-0.25, -0.2) is 24.9 Å². The Morgan fingerprint density at radius 2 is 0.684 bits per heavy atom. The van der Waals surface area contributed by atoms with Crippen LogP contribution in [0.4, 0.5) is 0 Å². The zero-order valence-electron chi connectivity index (χ0n) is 31.5. The Morgan fingerprint density at radius 1 is 0.333 bits per heavy atom. The fraction of sp³-hybridized carbons (Fsp3) is 0.0600. The summed E-state index contributed by atoms with van der Waals surface area (Å²) in [6.07, 6.45) is 4.13. The van der Waals surface area contributed by atoms with E-state index in [0.717, 1.165) is 73.0 Å². The second-order valence-corrected chi connectivity index (χ2v) is 14.4. The molecule has 5 heterocycles. The second kappa shape index (κ2) is 14.3. The molecule has 57 heavy (non-hydrogen) atoms. The molecule has 7 nitrogen and oxygen atoms in total. The van der Waals surface area contributed by atoms with Crippen LogP contribution < -0.4 is 0 Å². The zero-order valence-corrected chi connectivity index (χ0v) is 31.5. The lowest BCUT2D eigenvalue weighted by atomic mass is 10.0. The van der Waals surface area contributed by atoms with Gasteiger partial charge in [0.05, 0.1) is 22.8 Å². The van der Waals surface area contributed by atoms with Crippen molar-refractivity contribution >= 4 is 11.3 Å². The highest BCUT2D eigenvalue weighted by Gasteiger charge is 2.19. The average molecular weight is 736 g/mol. The molecule has 10 aromatic rings. The van der Waals surface area contributed by atoms with E-state index in [-0.39, 0.29) is 0 Å². The summed E-state index contributed by atoms with van der Waals surface area (Å²) in [5.41, 5.74) is 14.0. The van der Waals surface area contributed by atoms with Crippen molar-refractivity contribution in [1.82, 2.24) is 33.7 Å². The summed E-state index contributed by atoms with van der Waals surface area (Å²) in [6, 6.07) is 58.3. The molecule has 0 amide bonds. The van der Waals surface area contributed by atoms with E-state index < -0.39 is 0 Å². The molecule has 10 rings (SSSR count). The van der Waals surface area contributed by atoms with E-state index in [1.54, 1.807) is 0 Å². The summed E-state index contributed by atoms with van der Waals surface area (Å²) in [5, 5.41) is 0. The van der Waals surface area contributed by atoms with Gasteiger partial charge >= 0.3 is 0 Å². The minimum atomic E-state index is 0.422. The van der Waals surface area contributed by atoms with E-state index in [9.17, 15) is 0 Å². The fourth-order valence-electron chi connectivity index (χ4n) is 7.47. The molecule has 0 aliphatic rings. The molecule has 272 valence electrons. The van der Waals surface area contributed by atoms with Crippen LogP contribution >= 0.6 is 0 Å². The predicted molar refractivity (Wildman–Crippen MR) is 229 cm³/mol. The molecule has 0 atom stereocenters. The summed E-state index contributed by atoms with van der Waals surface area (Å²) in [5.74, 6) is 2.25. The molecule has 7 heteroatoms. The number of pyridine rings is 2. The van der Waals surface area contributed by atoms with Gasteiger partial charge in [0.25, 0.3) is 0 Å². The molecule has 0 aliphatic carbocycles. The summed E-state index contributed by atoms with van der Waals surface area (Å²) >= 11 is 0. The lowest BCUT2D eigenvalue weighted by molar-refractivity contribution is 0.867. The zero-order chi connectivity index (χ0) is 38.3. The van der Waals surface area contributed by atoms with Crippen LogP contribution in [0.15, 0.2) is 182 Å². The Morgan fingerprint density at radius 3 is 1.07 bits per heavy atom. The number of hydrogen-bond donors (Lipinski definition) is 0. The van der Waals surface area contributed by atoms with E-state index in [2.05, 4.69) is 156 Å². The average Bonchev–Trinajstić information content (AvgIpc) is 3.87. The quantitative estimate of drug-likeness (QED) is 0.155. The van der Waals surface area contributed by atoms with Gasteiger partial charge < -0.3 is 0 Å². The van der Waals surface area contributed by atoms with Crippen molar-refractivity contribution < 1.29 is 0 Å². The van der Waals surface area contributed by atoms with Crippen LogP contribution in [0.1, 0.15) is 25.3 Å². The number of fused-ring (bicyclic) bond motifs is 2. The second-order valence-electron chi connectivity index (χ2n) is 14.4. The van der Waals surface area contributed by atoms with Crippen molar-refractivity contribution in [2.24, 2.45) is 0 Å². The summed E-state index contributed by atoms with van der Waals surface area (Å²) in [6.45, 7) is 4.40. The third kappa shape index (κ3) is 6.35. The minimum absolute atomic E-state index is 0.422.